The minimum Gasteiger partial charge on any atom is -0.393 e. The lowest BCUT2D eigenvalue weighted by molar-refractivity contribution is 0.0759. The number of alkyl halides is 2. The van der Waals surface area contributed by atoms with E-state index in [-0.39, 0.29) is 11.6 Å². The number of nitriles is 1. The van der Waals surface area contributed by atoms with Gasteiger partial charge in [-0.1, -0.05) is 0 Å². The minimum atomic E-state index is -2.08. The van der Waals surface area contributed by atoms with Gasteiger partial charge in [-0.15, -0.1) is 0 Å². The molecule has 3 N–H and O–H groups in total. The Bertz CT molecular complexity index is 1260. The molecule has 0 spiro atoms. The summed E-state index contributed by atoms with van der Waals surface area (Å²) >= 11 is 0. The van der Waals surface area contributed by atoms with E-state index in [1.165, 1.54) is 12.4 Å². The van der Waals surface area contributed by atoms with Crippen molar-refractivity contribution in [2.24, 2.45) is 0 Å². The van der Waals surface area contributed by atoms with Crippen LogP contribution in [0.25, 0.3) is 16.9 Å². The van der Waals surface area contributed by atoms with Crippen LogP contribution in [0.4, 0.5) is 14.5 Å². The van der Waals surface area contributed by atoms with Crippen LogP contribution in [0.2, 0.25) is 0 Å². The molecule has 3 heterocycles. The number of pyridine rings is 1. The van der Waals surface area contributed by atoms with Gasteiger partial charge in [0.1, 0.15) is 11.7 Å². The summed E-state index contributed by atoms with van der Waals surface area (Å²) < 4.78 is 29.6. The minimum absolute atomic E-state index is 0.0559. The molecule has 3 aromatic heterocycles. The lowest BCUT2D eigenvalue weighted by atomic mass is 9.92. The molecule has 10 heteroatoms. The molecular weight excluding hydrogens is 454 g/mol. The van der Waals surface area contributed by atoms with Gasteiger partial charge in [-0.2, -0.15) is 10.4 Å². The monoisotopic (exact) mass is 482 g/mol. The molecule has 0 saturated heterocycles. The van der Waals surface area contributed by atoms with Crippen LogP contribution >= 0.6 is 0 Å². The Labute approximate surface area is 202 Å². The molecule has 1 amide bonds. The fraction of sp³-hybridized carbons (Fsp3) is 0.440. The number of hydrogen-bond donors (Lipinski definition) is 3. The van der Waals surface area contributed by atoms with Gasteiger partial charge in [0.2, 0.25) is 0 Å². The van der Waals surface area contributed by atoms with Crippen molar-refractivity contribution in [1.82, 2.24) is 19.9 Å². The lowest BCUT2D eigenvalue weighted by Gasteiger charge is -2.28. The normalized spacial score (nSPS) is 19.2. The number of hydrogen-bond acceptors (Lipinski definition) is 6. The number of halogens is 2. The van der Waals surface area contributed by atoms with Crippen molar-refractivity contribution in [2.45, 2.75) is 63.5 Å². The zero-order chi connectivity index (χ0) is 25.2. The Kier molecular flexibility index (Phi) is 6.98. The second-order valence-electron chi connectivity index (χ2n) is 9.43. The number of carbonyl (C=O) groups excluding carboxylic acids is 1. The predicted molar refractivity (Wildman–Crippen MR) is 127 cm³/mol. The van der Waals surface area contributed by atoms with Crippen molar-refractivity contribution in [3.8, 4) is 17.5 Å². The quantitative estimate of drug-likeness (QED) is 0.472. The molecule has 3 aromatic rings. The molecule has 3 atom stereocenters. The molecule has 0 aliphatic heterocycles. The summed E-state index contributed by atoms with van der Waals surface area (Å²) in [5.74, 6) is -0.577. The van der Waals surface area contributed by atoms with Gasteiger partial charge >= 0.3 is 0 Å². The highest BCUT2D eigenvalue weighted by atomic mass is 19.2. The summed E-state index contributed by atoms with van der Waals surface area (Å²) in [5.41, 5.74) is 0.933. The predicted octanol–water partition coefficient (Wildman–Crippen LogP) is 3.80. The Morgan fingerprint density at radius 3 is 2.86 bits per heavy atom. The smallest absolute Gasteiger partial charge is 0.255 e. The second-order valence-corrected chi connectivity index (χ2v) is 9.43. The maximum absolute atomic E-state index is 14.1. The topological polar surface area (TPSA) is 115 Å². The first-order chi connectivity index (χ1) is 16.7. The molecule has 4 rings (SSSR count). The van der Waals surface area contributed by atoms with Crippen LogP contribution in [0, 0.1) is 11.3 Å². The Morgan fingerprint density at radius 2 is 2.14 bits per heavy atom. The van der Waals surface area contributed by atoms with Gasteiger partial charge in [0.15, 0.2) is 6.17 Å². The molecule has 1 saturated carbocycles. The summed E-state index contributed by atoms with van der Waals surface area (Å²) in [5, 5.41) is 29.3. The number of amides is 1. The van der Waals surface area contributed by atoms with E-state index in [1.54, 1.807) is 16.6 Å². The van der Waals surface area contributed by atoms with Crippen LogP contribution in [0.5, 0.6) is 0 Å². The van der Waals surface area contributed by atoms with Crippen molar-refractivity contribution in [1.29, 1.82) is 5.26 Å². The highest BCUT2D eigenvalue weighted by Gasteiger charge is 2.30. The van der Waals surface area contributed by atoms with E-state index in [0.29, 0.717) is 29.1 Å². The van der Waals surface area contributed by atoms with Gasteiger partial charge in [-0.25, -0.2) is 13.3 Å². The molecule has 0 bridgehead atoms. The van der Waals surface area contributed by atoms with Crippen LogP contribution < -0.4 is 10.6 Å². The largest absolute Gasteiger partial charge is 0.393 e. The van der Waals surface area contributed by atoms with E-state index in [2.05, 4.69) is 26.8 Å². The molecule has 1 unspecified atom stereocenters. The third-order valence-electron chi connectivity index (χ3n) is 6.23. The molecule has 1 aliphatic rings. The lowest BCUT2D eigenvalue weighted by Crippen LogP contribution is -2.39. The van der Waals surface area contributed by atoms with Crippen LogP contribution in [-0.4, -0.2) is 56.1 Å². The fourth-order valence-corrected chi connectivity index (χ4v) is 4.19. The molecule has 8 nitrogen and oxygen atoms in total. The number of nitrogens with one attached hydrogen (secondary N) is 2. The van der Waals surface area contributed by atoms with Gasteiger partial charge in [-0.05, 0) is 63.8 Å². The SMILES string of the molecule is CC(C)(F)C(F)CNC(=O)c1cnc(-c2ccc3cc(C#N)cnn23)cc1N[C@H]1CCC[C@@H](O)C1. The summed E-state index contributed by atoms with van der Waals surface area (Å²) in [6.45, 7) is 1.77. The van der Waals surface area contributed by atoms with E-state index in [4.69, 9.17) is 5.26 Å². The fourth-order valence-electron chi connectivity index (χ4n) is 4.19. The first-order valence-electron chi connectivity index (χ1n) is 11.6. The Morgan fingerprint density at radius 1 is 1.34 bits per heavy atom. The Hall–Kier alpha value is -3.58. The van der Waals surface area contributed by atoms with Crippen molar-refractivity contribution >= 4 is 17.1 Å². The van der Waals surface area contributed by atoms with Crippen molar-refractivity contribution in [3.63, 3.8) is 0 Å². The number of aliphatic hydroxyl groups is 1. The van der Waals surface area contributed by atoms with Gasteiger partial charge < -0.3 is 15.7 Å². The van der Waals surface area contributed by atoms with E-state index < -0.39 is 30.4 Å². The third-order valence-corrected chi connectivity index (χ3v) is 6.23. The Balaban J connectivity index is 1.66. The zero-order valence-corrected chi connectivity index (χ0v) is 19.6. The summed E-state index contributed by atoms with van der Waals surface area (Å²) in [7, 11) is 0. The van der Waals surface area contributed by atoms with E-state index >= 15 is 0 Å². The number of anilines is 1. The standard InChI is InChI=1S/C25H28F2N6O2/c1-25(2,27)23(26)14-30-24(35)19-13-29-21(10-20(19)32-16-4-3-5-18(34)9-16)22-7-6-17-8-15(11-28)12-31-33(17)22/h6-8,10,12-13,16,18,23,34H,3-5,9,14H2,1-2H3,(H,29,32)(H,30,35)/t16-,18+,23?/m0/s1. The summed E-state index contributed by atoms with van der Waals surface area (Å²) in [6, 6.07) is 9.06. The third kappa shape index (κ3) is 5.57. The number of carbonyl (C=O) groups is 1. The maximum atomic E-state index is 14.1. The summed E-state index contributed by atoms with van der Waals surface area (Å²) in [4.78, 5) is 17.3. The number of nitrogens with zero attached hydrogens (tertiary/aromatic N) is 4. The van der Waals surface area contributed by atoms with Gasteiger partial charge in [0.25, 0.3) is 5.91 Å². The zero-order valence-electron chi connectivity index (χ0n) is 19.6. The molecule has 35 heavy (non-hydrogen) atoms. The van der Waals surface area contributed by atoms with Crippen molar-refractivity contribution < 1.29 is 18.7 Å². The number of fused-ring (bicyclic) bond motifs is 1. The number of aromatic nitrogens is 3. The van der Waals surface area contributed by atoms with Crippen LogP contribution in [-0.2, 0) is 0 Å². The average molecular weight is 483 g/mol. The number of aliphatic hydroxyl groups excluding tert-OH is 1. The van der Waals surface area contributed by atoms with Crippen molar-refractivity contribution in [3.05, 3.63) is 47.8 Å². The van der Waals surface area contributed by atoms with Crippen LogP contribution in [0.3, 0.4) is 0 Å². The highest BCUT2D eigenvalue weighted by Crippen LogP contribution is 2.29. The van der Waals surface area contributed by atoms with Gasteiger partial charge in [0, 0.05) is 12.2 Å². The first-order valence-corrected chi connectivity index (χ1v) is 11.6. The molecule has 1 fully saturated rings. The molecule has 1 aliphatic carbocycles. The van der Waals surface area contributed by atoms with E-state index in [0.717, 1.165) is 38.6 Å². The molecule has 0 aromatic carbocycles. The summed E-state index contributed by atoms with van der Waals surface area (Å²) in [6.07, 6.45) is 3.51. The van der Waals surface area contributed by atoms with Crippen molar-refractivity contribution in [2.75, 3.05) is 11.9 Å². The molecular formula is C25H28F2N6O2. The van der Waals surface area contributed by atoms with Crippen LogP contribution in [0.15, 0.2) is 36.7 Å². The van der Waals surface area contributed by atoms with Gasteiger partial charge in [0.05, 0.1) is 52.6 Å². The maximum Gasteiger partial charge on any atom is 0.255 e. The van der Waals surface area contributed by atoms with E-state index in [1.807, 2.05) is 12.1 Å². The number of rotatable bonds is 7. The second kappa shape index (κ2) is 9.96. The van der Waals surface area contributed by atoms with E-state index in [9.17, 15) is 18.7 Å². The highest BCUT2D eigenvalue weighted by molar-refractivity contribution is 6.00. The molecule has 0 radical (unpaired) electrons. The van der Waals surface area contributed by atoms with Crippen LogP contribution in [0.1, 0.15) is 55.5 Å². The first kappa shape index (κ1) is 24.5. The molecule has 184 valence electrons. The average Bonchev–Trinajstić information content (AvgIpc) is 3.25. The van der Waals surface area contributed by atoms with Gasteiger partial charge in [-0.3, -0.25) is 9.78 Å².